The van der Waals surface area contributed by atoms with Crippen LogP contribution in [0.25, 0.3) is 0 Å². The monoisotopic (exact) mass is 473 g/mol. The average Bonchev–Trinajstić information content (AvgIpc) is 3.33. The Morgan fingerprint density at radius 2 is 2.00 bits per heavy atom. The lowest BCUT2D eigenvalue weighted by Crippen LogP contribution is -2.40. The fourth-order valence-corrected chi connectivity index (χ4v) is 7.60. The molecule has 0 N–H and O–H groups in total. The maximum Gasteiger partial charge on any atom is 0.276 e. The molecule has 1 aromatic heterocycles. The van der Waals surface area contributed by atoms with Crippen LogP contribution in [-0.4, -0.2) is 69.1 Å². The zero-order valence-corrected chi connectivity index (χ0v) is 18.7. The standard InChI is InChI=1S/C18H23N3O6S3/c22-29(23)9-4-15(13-29)11-17-19-20-18(27-17)28-12-14-2-1-3-16(10-14)30(24,25)21-5-7-26-8-6-21/h1-3,10,15H,4-9,11-13H2/t15-/m1/s1. The minimum atomic E-state index is -3.54. The molecule has 2 aliphatic rings. The number of hydrogen-bond acceptors (Lipinski definition) is 9. The predicted molar refractivity (Wildman–Crippen MR) is 110 cm³/mol. The molecule has 4 rings (SSSR count). The molecule has 2 aromatic rings. The molecule has 0 saturated carbocycles. The Balaban J connectivity index is 1.36. The van der Waals surface area contributed by atoms with E-state index in [1.165, 1.54) is 16.1 Å². The van der Waals surface area contributed by atoms with Crippen molar-refractivity contribution in [1.82, 2.24) is 14.5 Å². The Morgan fingerprint density at radius 3 is 2.73 bits per heavy atom. The van der Waals surface area contributed by atoms with Crippen LogP contribution in [0.2, 0.25) is 0 Å². The molecule has 0 amide bonds. The lowest BCUT2D eigenvalue weighted by molar-refractivity contribution is 0.0730. The highest BCUT2D eigenvalue weighted by Crippen LogP contribution is 2.27. The summed E-state index contributed by atoms with van der Waals surface area (Å²) < 4.78 is 61.1. The van der Waals surface area contributed by atoms with E-state index in [1.54, 1.807) is 18.2 Å². The molecule has 2 aliphatic heterocycles. The number of rotatable bonds is 7. The number of hydrogen-bond donors (Lipinski definition) is 0. The van der Waals surface area contributed by atoms with Gasteiger partial charge in [0.1, 0.15) is 0 Å². The summed E-state index contributed by atoms with van der Waals surface area (Å²) in [5.41, 5.74) is 0.830. The van der Waals surface area contributed by atoms with E-state index in [9.17, 15) is 16.8 Å². The topological polar surface area (TPSA) is 120 Å². The summed E-state index contributed by atoms with van der Waals surface area (Å²) >= 11 is 1.32. The molecule has 0 spiro atoms. The fraction of sp³-hybridized carbons (Fsp3) is 0.556. The van der Waals surface area contributed by atoms with E-state index in [1.807, 2.05) is 6.07 Å². The van der Waals surface area contributed by atoms with Crippen LogP contribution in [0.15, 0.2) is 38.8 Å². The van der Waals surface area contributed by atoms with Gasteiger partial charge in [0.2, 0.25) is 15.9 Å². The number of nitrogens with zero attached hydrogens (tertiary/aromatic N) is 3. The van der Waals surface area contributed by atoms with Crippen LogP contribution >= 0.6 is 11.8 Å². The lowest BCUT2D eigenvalue weighted by atomic mass is 10.1. The Hall–Kier alpha value is -1.47. The number of aromatic nitrogens is 2. The van der Waals surface area contributed by atoms with Gasteiger partial charge in [0.25, 0.3) is 5.22 Å². The molecule has 0 radical (unpaired) electrons. The van der Waals surface area contributed by atoms with Crippen LogP contribution in [0, 0.1) is 5.92 Å². The second-order valence-electron chi connectivity index (χ2n) is 7.39. The number of morpholine rings is 1. The van der Waals surface area contributed by atoms with Crippen LogP contribution in [-0.2, 0) is 36.8 Å². The van der Waals surface area contributed by atoms with Crippen molar-refractivity contribution < 1.29 is 26.0 Å². The van der Waals surface area contributed by atoms with Gasteiger partial charge in [-0.3, -0.25) is 0 Å². The molecule has 3 heterocycles. The number of thioether (sulfide) groups is 1. The molecule has 0 bridgehead atoms. The van der Waals surface area contributed by atoms with E-state index in [0.29, 0.717) is 56.0 Å². The van der Waals surface area contributed by atoms with Crippen molar-refractivity contribution in [3.63, 3.8) is 0 Å². The molecule has 0 aliphatic carbocycles. The molecule has 1 atom stereocenters. The van der Waals surface area contributed by atoms with Gasteiger partial charge in [-0.1, -0.05) is 23.9 Å². The molecule has 164 valence electrons. The van der Waals surface area contributed by atoms with Crippen molar-refractivity contribution in [1.29, 1.82) is 0 Å². The number of ether oxygens (including phenoxy) is 1. The Kier molecular flexibility index (Phi) is 6.49. The van der Waals surface area contributed by atoms with E-state index in [-0.39, 0.29) is 22.3 Å². The van der Waals surface area contributed by atoms with Gasteiger partial charge in [-0.05, 0) is 30.0 Å². The molecule has 2 fully saturated rings. The average molecular weight is 474 g/mol. The summed E-state index contributed by atoms with van der Waals surface area (Å²) in [4.78, 5) is 0.260. The minimum absolute atomic E-state index is 0.0235. The van der Waals surface area contributed by atoms with E-state index < -0.39 is 19.9 Å². The summed E-state index contributed by atoms with van der Waals surface area (Å²) in [5.74, 6) is 1.32. The molecular formula is C18H23N3O6S3. The van der Waals surface area contributed by atoms with Gasteiger partial charge in [0, 0.05) is 25.3 Å². The predicted octanol–water partition coefficient (Wildman–Crippen LogP) is 1.36. The van der Waals surface area contributed by atoms with Crippen molar-refractivity contribution in [2.24, 2.45) is 5.92 Å². The van der Waals surface area contributed by atoms with Gasteiger partial charge in [-0.15, -0.1) is 10.2 Å². The van der Waals surface area contributed by atoms with Crippen LogP contribution in [0.4, 0.5) is 0 Å². The van der Waals surface area contributed by atoms with Crippen LogP contribution < -0.4 is 0 Å². The molecule has 0 unspecified atom stereocenters. The van der Waals surface area contributed by atoms with Gasteiger partial charge in [-0.2, -0.15) is 4.31 Å². The van der Waals surface area contributed by atoms with E-state index >= 15 is 0 Å². The smallest absolute Gasteiger partial charge is 0.276 e. The van der Waals surface area contributed by atoms with Gasteiger partial charge in [-0.25, -0.2) is 16.8 Å². The van der Waals surface area contributed by atoms with Gasteiger partial charge < -0.3 is 9.15 Å². The Bertz CT molecular complexity index is 1090. The Morgan fingerprint density at radius 1 is 1.20 bits per heavy atom. The number of benzene rings is 1. The van der Waals surface area contributed by atoms with Crippen molar-refractivity contribution in [3.8, 4) is 0 Å². The maximum absolute atomic E-state index is 12.8. The maximum atomic E-state index is 12.8. The van der Waals surface area contributed by atoms with Crippen LogP contribution in [0.1, 0.15) is 17.9 Å². The quantitative estimate of drug-likeness (QED) is 0.549. The van der Waals surface area contributed by atoms with E-state index in [0.717, 1.165) is 5.56 Å². The molecule has 12 heteroatoms. The molecule has 9 nitrogen and oxygen atoms in total. The van der Waals surface area contributed by atoms with Gasteiger partial charge in [0.15, 0.2) is 9.84 Å². The summed E-state index contributed by atoms with van der Waals surface area (Å²) in [6, 6.07) is 6.84. The molecule has 30 heavy (non-hydrogen) atoms. The third-order valence-corrected chi connectivity index (χ3v) is 9.73. The summed E-state index contributed by atoms with van der Waals surface area (Å²) in [5, 5.41) is 8.40. The first-order valence-corrected chi connectivity index (χ1v) is 13.9. The highest BCUT2D eigenvalue weighted by Gasteiger charge is 2.29. The van der Waals surface area contributed by atoms with Gasteiger partial charge >= 0.3 is 0 Å². The van der Waals surface area contributed by atoms with E-state index in [2.05, 4.69) is 10.2 Å². The first-order valence-electron chi connectivity index (χ1n) is 9.64. The van der Waals surface area contributed by atoms with Crippen molar-refractivity contribution in [2.75, 3.05) is 37.8 Å². The highest BCUT2D eigenvalue weighted by atomic mass is 32.2. The van der Waals surface area contributed by atoms with E-state index in [4.69, 9.17) is 9.15 Å². The second-order valence-corrected chi connectivity index (χ2v) is 12.5. The first-order chi connectivity index (χ1) is 14.3. The normalized spacial score (nSPS) is 22.3. The molecule has 1 aromatic carbocycles. The van der Waals surface area contributed by atoms with Crippen LogP contribution in [0.5, 0.6) is 0 Å². The summed E-state index contributed by atoms with van der Waals surface area (Å²) in [7, 11) is -6.48. The van der Waals surface area contributed by atoms with Crippen LogP contribution in [0.3, 0.4) is 0 Å². The molecule has 2 saturated heterocycles. The third-order valence-electron chi connectivity index (χ3n) is 5.11. The zero-order chi connectivity index (χ0) is 21.2. The highest BCUT2D eigenvalue weighted by molar-refractivity contribution is 7.98. The zero-order valence-electron chi connectivity index (χ0n) is 16.3. The third kappa shape index (κ3) is 5.22. The second kappa shape index (κ2) is 8.95. The SMILES string of the molecule is O=S1(=O)CC[C@H](Cc2nnc(SCc3cccc(S(=O)(=O)N4CCOCC4)c3)o2)C1. The Labute approximate surface area is 180 Å². The number of sulfone groups is 1. The lowest BCUT2D eigenvalue weighted by Gasteiger charge is -2.26. The fourth-order valence-electron chi connectivity index (χ4n) is 3.54. The first kappa shape index (κ1) is 21.8. The van der Waals surface area contributed by atoms with Gasteiger partial charge in [0.05, 0.1) is 29.6 Å². The van der Waals surface area contributed by atoms with Crippen molar-refractivity contribution >= 4 is 31.6 Å². The van der Waals surface area contributed by atoms with Crippen molar-refractivity contribution in [2.45, 2.75) is 28.7 Å². The largest absolute Gasteiger partial charge is 0.416 e. The van der Waals surface area contributed by atoms with Crippen molar-refractivity contribution in [3.05, 3.63) is 35.7 Å². The minimum Gasteiger partial charge on any atom is -0.416 e. The molecular weight excluding hydrogens is 450 g/mol. The summed E-state index contributed by atoms with van der Waals surface area (Å²) in [6.45, 7) is 1.52. The number of sulfonamides is 1. The summed E-state index contributed by atoms with van der Waals surface area (Å²) in [6.07, 6.45) is 1.08.